The summed E-state index contributed by atoms with van der Waals surface area (Å²) in [5, 5.41) is 0.846. The number of thioether (sulfide) groups is 1. The Kier molecular flexibility index (Phi) is 6.89. The molecular weight excluding hydrogens is 396 g/mol. The second kappa shape index (κ2) is 9.57. The van der Waals surface area contributed by atoms with E-state index in [2.05, 4.69) is 4.98 Å². The fourth-order valence-corrected chi connectivity index (χ4v) is 4.10. The van der Waals surface area contributed by atoms with E-state index in [9.17, 15) is 9.59 Å². The van der Waals surface area contributed by atoms with E-state index in [0.29, 0.717) is 6.54 Å². The Labute approximate surface area is 171 Å². The first-order valence-corrected chi connectivity index (χ1v) is 10.4. The van der Waals surface area contributed by atoms with Crippen LogP contribution in [0.4, 0.5) is 0 Å². The Bertz CT molecular complexity index is 923. The Hall–Kier alpha value is -2.58. The molecule has 0 aliphatic heterocycles. The third-order valence-electron chi connectivity index (χ3n) is 3.91. The zero-order valence-corrected chi connectivity index (χ0v) is 17.2. The van der Waals surface area contributed by atoms with Gasteiger partial charge in [-0.25, -0.2) is 4.98 Å². The number of fused-ring (bicyclic) bond motifs is 1. The predicted molar refractivity (Wildman–Crippen MR) is 111 cm³/mol. The summed E-state index contributed by atoms with van der Waals surface area (Å²) in [5.41, 5.74) is 0.922. The molecule has 6 nitrogen and oxygen atoms in total. The van der Waals surface area contributed by atoms with E-state index in [1.165, 1.54) is 16.7 Å². The van der Waals surface area contributed by atoms with Gasteiger partial charge in [-0.15, -0.1) is 23.1 Å². The number of esters is 1. The molecule has 0 bridgehead atoms. The maximum atomic E-state index is 12.2. The molecule has 0 unspecified atom stereocenters. The van der Waals surface area contributed by atoms with Gasteiger partial charge in [-0.3, -0.25) is 9.59 Å². The molecule has 28 heavy (non-hydrogen) atoms. The third-order valence-corrected chi connectivity index (χ3v) is 5.92. The number of ether oxygens (including phenoxy) is 2. The van der Waals surface area contributed by atoms with Crippen LogP contribution in [0.2, 0.25) is 0 Å². The van der Waals surface area contributed by atoms with Crippen LogP contribution < -0.4 is 4.74 Å². The normalized spacial score (nSPS) is 10.6. The van der Waals surface area contributed by atoms with Crippen molar-refractivity contribution in [3.8, 4) is 5.75 Å². The number of nitrogens with zero attached hydrogens (tertiary/aromatic N) is 2. The van der Waals surface area contributed by atoms with Crippen molar-refractivity contribution in [2.45, 2.75) is 11.4 Å². The zero-order chi connectivity index (χ0) is 19.9. The highest BCUT2D eigenvalue weighted by Gasteiger charge is 2.14. The zero-order valence-electron chi connectivity index (χ0n) is 15.6. The van der Waals surface area contributed by atoms with E-state index in [1.807, 2.05) is 48.5 Å². The fraction of sp³-hybridized carbons (Fsp3) is 0.250. The topological polar surface area (TPSA) is 68.7 Å². The molecule has 0 N–H and O–H groups in total. The van der Waals surface area contributed by atoms with Crippen molar-refractivity contribution in [2.75, 3.05) is 26.5 Å². The molecule has 0 saturated heterocycles. The number of rotatable bonds is 8. The van der Waals surface area contributed by atoms with E-state index in [0.717, 1.165) is 25.9 Å². The number of amides is 1. The lowest BCUT2D eigenvalue weighted by Crippen LogP contribution is -2.31. The van der Waals surface area contributed by atoms with Crippen LogP contribution in [0.25, 0.3) is 10.2 Å². The number of benzene rings is 2. The molecule has 0 spiro atoms. The first-order chi connectivity index (χ1) is 13.5. The number of thiazole rings is 1. The minimum Gasteiger partial charge on any atom is -0.497 e. The van der Waals surface area contributed by atoms with Gasteiger partial charge >= 0.3 is 5.97 Å². The summed E-state index contributed by atoms with van der Waals surface area (Å²) in [6, 6.07) is 15.2. The number of hydrogen-bond acceptors (Lipinski definition) is 7. The molecule has 0 aliphatic rings. The van der Waals surface area contributed by atoms with Gasteiger partial charge in [0, 0.05) is 11.9 Å². The Balaban J connectivity index is 1.42. The van der Waals surface area contributed by atoms with E-state index in [-0.39, 0.29) is 18.3 Å². The van der Waals surface area contributed by atoms with Crippen LogP contribution in [0, 0.1) is 0 Å². The molecule has 3 aromatic rings. The lowest BCUT2D eigenvalue weighted by molar-refractivity contribution is -0.149. The van der Waals surface area contributed by atoms with Crippen molar-refractivity contribution in [1.82, 2.24) is 9.88 Å². The summed E-state index contributed by atoms with van der Waals surface area (Å²) >= 11 is 2.90. The Morgan fingerprint density at radius 3 is 2.61 bits per heavy atom. The number of methoxy groups -OCH3 is 1. The lowest BCUT2D eigenvalue weighted by Gasteiger charge is -2.15. The summed E-state index contributed by atoms with van der Waals surface area (Å²) in [4.78, 5) is 31.1. The van der Waals surface area contributed by atoms with Gasteiger partial charge in [-0.1, -0.05) is 12.1 Å². The molecule has 8 heteroatoms. The molecule has 0 fully saturated rings. The highest BCUT2D eigenvalue weighted by Crippen LogP contribution is 2.23. The summed E-state index contributed by atoms with van der Waals surface area (Å²) in [6.07, 6.45) is 0. The van der Waals surface area contributed by atoms with Crippen LogP contribution >= 0.6 is 23.1 Å². The van der Waals surface area contributed by atoms with Crippen LogP contribution in [0.5, 0.6) is 5.75 Å². The SMILES string of the molecule is COc1ccc(SCC(=O)OCC(=O)N(C)Cc2nc3ccccc3s2)cc1. The second-order valence-corrected chi connectivity index (χ2v) is 8.11. The molecule has 146 valence electrons. The summed E-state index contributed by atoms with van der Waals surface area (Å²) in [7, 11) is 3.28. The van der Waals surface area contributed by atoms with Gasteiger partial charge in [0.25, 0.3) is 5.91 Å². The lowest BCUT2D eigenvalue weighted by atomic mass is 10.3. The smallest absolute Gasteiger partial charge is 0.316 e. The minimum absolute atomic E-state index is 0.140. The standard InChI is InChI=1S/C20H20N2O4S2/c1-22(11-18-21-16-5-3-4-6-17(16)28-18)19(23)12-26-20(24)13-27-15-9-7-14(25-2)8-10-15/h3-10H,11-13H2,1-2H3. The van der Waals surface area contributed by atoms with Crippen molar-refractivity contribution >= 4 is 45.2 Å². The second-order valence-electron chi connectivity index (χ2n) is 5.95. The Morgan fingerprint density at radius 1 is 1.14 bits per heavy atom. The van der Waals surface area contributed by atoms with Gasteiger partial charge in [0.15, 0.2) is 6.61 Å². The van der Waals surface area contributed by atoms with Crippen molar-refractivity contribution in [3.63, 3.8) is 0 Å². The molecule has 0 saturated carbocycles. The Morgan fingerprint density at radius 2 is 1.89 bits per heavy atom. The number of likely N-dealkylation sites (N-methyl/N-ethyl adjacent to an activating group) is 1. The maximum Gasteiger partial charge on any atom is 0.316 e. The number of carbonyl (C=O) groups is 2. The van der Waals surface area contributed by atoms with Crippen LogP contribution in [-0.2, 0) is 20.9 Å². The van der Waals surface area contributed by atoms with Crippen LogP contribution in [-0.4, -0.2) is 48.3 Å². The molecule has 0 radical (unpaired) electrons. The largest absolute Gasteiger partial charge is 0.497 e. The molecular formula is C20H20N2O4S2. The number of para-hydroxylation sites is 1. The van der Waals surface area contributed by atoms with E-state index in [1.54, 1.807) is 25.5 Å². The number of aromatic nitrogens is 1. The highest BCUT2D eigenvalue weighted by atomic mass is 32.2. The summed E-state index contributed by atoms with van der Waals surface area (Å²) in [5.74, 6) is 0.208. The maximum absolute atomic E-state index is 12.2. The first kappa shape index (κ1) is 20.2. The van der Waals surface area contributed by atoms with Crippen LogP contribution in [0.1, 0.15) is 5.01 Å². The number of carbonyl (C=O) groups excluding carboxylic acids is 2. The van der Waals surface area contributed by atoms with Gasteiger partial charge in [0.1, 0.15) is 10.8 Å². The predicted octanol–water partition coefficient (Wildman–Crippen LogP) is 3.60. The molecule has 0 atom stereocenters. The highest BCUT2D eigenvalue weighted by molar-refractivity contribution is 8.00. The van der Waals surface area contributed by atoms with E-state index < -0.39 is 5.97 Å². The minimum atomic E-state index is -0.428. The number of hydrogen-bond donors (Lipinski definition) is 0. The van der Waals surface area contributed by atoms with Crippen molar-refractivity contribution in [2.24, 2.45) is 0 Å². The monoisotopic (exact) mass is 416 g/mol. The average Bonchev–Trinajstić information content (AvgIpc) is 3.13. The van der Waals surface area contributed by atoms with Crippen molar-refractivity contribution in [3.05, 3.63) is 53.5 Å². The van der Waals surface area contributed by atoms with Gasteiger partial charge in [0.05, 0.1) is 29.6 Å². The molecule has 1 aromatic heterocycles. The molecule has 0 aliphatic carbocycles. The van der Waals surface area contributed by atoms with Crippen LogP contribution in [0.15, 0.2) is 53.4 Å². The molecule has 1 heterocycles. The van der Waals surface area contributed by atoms with Gasteiger partial charge < -0.3 is 14.4 Å². The fourth-order valence-electron chi connectivity index (χ4n) is 2.39. The van der Waals surface area contributed by atoms with Crippen molar-refractivity contribution in [1.29, 1.82) is 0 Å². The summed E-state index contributed by atoms with van der Waals surface area (Å²) < 4.78 is 11.3. The summed E-state index contributed by atoms with van der Waals surface area (Å²) in [6.45, 7) is 0.111. The quantitative estimate of drug-likeness (QED) is 0.413. The molecule has 1 amide bonds. The average molecular weight is 417 g/mol. The first-order valence-electron chi connectivity index (χ1n) is 8.56. The van der Waals surface area contributed by atoms with Crippen LogP contribution in [0.3, 0.4) is 0 Å². The van der Waals surface area contributed by atoms with Crippen molar-refractivity contribution < 1.29 is 19.1 Å². The molecule has 3 rings (SSSR count). The van der Waals surface area contributed by atoms with Gasteiger partial charge in [0.2, 0.25) is 0 Å². The van der Waals surface area contributed by atoms with Gasteiger partial charge in [-0.2, -0.15) is 0 Å². The molecule has 2 aromatic carbocycles. The van der Waals surface area contributed by atoms with E-state index in [4.69, 9.17) is 9.47 Å². The van der Waals surface area contributed by atoms with E-state index >= 15 is 0 Å². The third kappa shape index (κ3) is 5.46. The van der Waals surface area contributed by atoms with Gasteiger partial charge in [-0.05, 0) is 36.4 Å².